The Hall–Kier alpha value is -2.42. The third-order valence-corrected chi connectivity index (χ3v) is 2.85. The zero-order valence-electron chi connectivity index (χ0n) is 9.26. The van der Waals surface area contributed by atoms with Crippen molar-refractivity contribution in [1.82, 2.24) is 0 Å². The fourth-order valence-electron chi connectivity index (χ4n) is 1.93. The first kappa shape index (κ1) is 12.0. The monoisotopic (exact) mass is 248 g/mol. The van der Waals surface area contributed by atoms with E-state index in [1.54, 1.807) is 0 Å². The van der Waals surface area contributed by atoms with Crippen molar-refractivity contribution in [1.29, 1.82) is 5.26 Å². The van der Waals surface area contributed by atoms with E-state index in [4.69, 9.17) is 10.4 Å². The highest BCUT2D eigenvalue weighted by atomic mass is 19.1. The summed E-state index contributed by atoms with van der Waals surface area (Å²) in [6, 6.07) is 5.32. The van der Waals surface area contributed by atoms with Crippen LogP contribution in [0.4, 0.5) is 10.1 Å². The quantitative estimate of drug-likeness (QED) is 0.850. The van der Waals surface area contributed by atoms with Gasteiger partial charge in [0.15, 0.2) is 0 Å². The lowest BCUT2D eigenvalue weighted by atomic mass is 10.1. The fourth-order valence-corrected chi connectivity index (χ4v) is 1.93. The summed E-state index contributed by atoms with van der Waals surface area (Å²) in [5, 5.41) is 17.8. The number of carboxylic acids is 1. The average Bonchev–Trinajstić information content (AvgIpc) is 2.71. The number of benzene rings is 1. The zero-order valence-corrected chi connectivity index (χ0v) is 9.26. The summed E-state index contributed by atoms with van der Waals surface area (Å²) in [4.78, 5) is 23.7. The van der Waals surface area contributed by atoms with Crippen molar-refractivity contribution >= 4 is 17.6 Å². The van der Waals surface area contributed by atoms with E-state index in [1.807, 2.05) is 6.07 Å². The number of carboxylic acid groups (broad SMARTS) is 1. The molecule has 0 bridgehead atoms. The molecule has 1 amide bonds. The van der Waals surface area contributed by atoms with Crippen molar-refractivity contribution in [3.8, 4) is 6.07 Å². The molecule has 0 spiro atoms. The standard InChI is InChI=1S/C12H9FN2O3/c13-9-2-1-7(5-14)10(4-9)15-6-8(12(17)18)3-11(15)16/h1-2,4,8H,3,6H2,(H,17,18). The third kappa shape index (κ3) is 2.02. The highest BCUT2D eigenvalue weighted by Gasteiger charge is 2.36. The van der Waals surface area contributed by atoms with Crippen LogP contribution in [-0.4, -0.2) is 23.5 Å². The Balaban J connectivity index is 2.38. The van der Waals surface area contributed by atoms with Gasteiger partial charge in [0.2, 0.25) is 5.91 Å². The Morgan fingerprint density at radius 1 is 1.56 bits per heavy atom. The molecule has 0 aromatic heterocycles. The molecule has 1 N–H and O–H groups in total. The van der Waals surface area contributed by atoms with Gasteiger partial charge in [-0.1, -0.05) is 0 Å². The van der Waals surface area contributed by atoms with Crippen LogP contribution < -0.4 is 4.90 Å². The topological polar surface area (TPSA) is 81.4 Å². The average molecular weight is 248 g/mol. The zero-order chi connectivity index (χ0) is 13.3. The molecule has 6 heteroatoms. The molecule has 92 valence electrons. The Labute approximate surface area is 102 Å². The lowest BCUT2D eigenvalue weighted by Crippen LogP contribution is -2.26. The van der Waals surface area contributed by atoms with Crippen molar-refractivity contribution in [2.24, 2.45) is 5.92 Å². The predicted octanol–water partition coefficient (Wildman–Crippen LogP) is 1.13. The first-order valence-electron chi connectivity index (χ1n) is 5.25. The van der Waals surface area contributed by atoms with E-state index in [0.717, 1.165) is 17.0 Å². The Bertz CT molecular complexity index is 565. The van der Waals surface area contributed by atoms with Crippen LogP contribution in [-0.2, 0) is 9.59 Å². The number of carbonyl (C=O) groups excluding carboxylic acids is 1. The molecular formula is C12H9FN2O3. The second-order valence-electron chi connectivity index (χ2n) is 4.02. The lowest BCUT2D eigenvalue weighted by molar-refractivity contribution is -0.141. The molecule has 0 saturated carbocycles. The Morgan fingerprint density at radius 3 is 2.83 bits per heavy atom. The molecule has 2 rings (SSSR count). The number of rotatable bonds is 2. The summed E-state index contributed by atoms with van der Waals surface area (Å²) in [7, 11) is 0. The first-order valence-corrected chi connectivity index (χ1v) is 5.25. The fraction of sp³-hybridized carbons (Fsp3) is 0.250. The van der Waals surface area contributed by atoms with Gasteiger partial charge < -0.3 is 10.0 Å². The van der Waals surface area contributed by atoms with Gasteiger partial charge in [-0.05, 0) is 18.2 Å². The molecule has 1 aliphatic rings. The van der Waals surface area contributed by atoms with Gasteiger partial charge in [0.25, 0.3) is 0 Å². The van der Waals surface area contributed by atoms with Gasteiger partial charge in [-0.15, -0.1) is 0 Å². The van der Waals surface area contributed by atoms with Gasteiger partial charge in [-0.25, -0.2) is 4.39 Å². The lowest BCUT2D eigenvalue weighted by Gasteiger charge is -2.17. The predicted molar refractivity (Wildman–Crippen MR) is 59.2 cm³/mol. The molecule has 1 unspecified atom stereocenters. The van der Waals surface area contributed by atoms with Crippen LogP contribution in [0.25, 0.3) is 0 Å². The van der Waals surface area contributed by atoms with E-state index in [-0.39, 0.29) is 24.2 Å². The third-order valence-electron chi connectivity index (χ3n) is 2.85. The second kappa shape index (κ2) is 4.45. The summed E-state index contributed by atoms with van der Waals surface area (Å²) >= 11 is 0. The summed E-state index contributed by atoms with van der Waals surface area (Å²) in [5.74, 6) is -2.87. The molecule has 1 fully saturated rings. The van der Waals surface area contributed by atoms with E-state index >= 15 is 0 Å². The number of hydrogen-bond acceptors (Lipinski definition) is 3. The number of hydrogen-bond donors (Lipinski definition) is 1. The maximum Gasteiger partial charge on any atom is 0.308 e. The largest absolute Gasteiger partial charge is 0.481 e. The number of nitrogens with zero attached hydrogens (tertiary/aromatic N) is 2. The van der Waals surface area contributed by atoms with Gasteiger partial charge in [0.05, 0.1) is 17.2 Å². The number of halogens is 1. The van der Waals surface area contributed by atoms with Gasteiger partial charge in [-0.3, -0.25) is 9.59 Å². The van der Waals surface area contributed by atoms with Crippen LogP contribution in [0.2, 0.25) is 0 Å². The molecule has 1 heterocycles. The van der Waals surface area contributed by atoms with E-state index in [1.165, 1.54) is 6.07 Å². The van der Waals surface area contributed by atoms with Gasteiger partial charge >= 0.3 is 5.97 Å². The highest BCUT2D eigenvalue weighted by molar-refractivity contribution is 6.00. The van der Waals surface area contributed by atoms with Crippen LogP contribution in [0.3, 0.4) is 0 Å². The number of aliphatic carboxylic acids is 1. The van der Waals surface area contributed by atoms with Crippen molar-refractivity contribution in [2.45, 2.75) is 6.42 Å². The summed E-state index contributed by atoms with van der Waals surface area (Å²) in [6.07, 6.45) is -0.128. The smallest absolute Gasteiger partial charge is 0.308 e. The second-order valence-corrected chi connectivity index (χ2v) is 4.02. The Kier molecular flexibility index (Phi) is 2.98. The maximum absolute atomic E-state index is 13.2. The molecule has 1 atom stereocenters. The minimum absolute atomic E-state index is 0.0354. The van der Waals surface area contributed by atoms with Gasteiger partial charge in [0, 0.05) is 13.0 Å². The molecule has 0 aliphatic carbocycles. The SMILES string of the molecule is N#Cc1ccc(F)cc1N1CC(C(=O)O)CC1=O. The summed E-state index contributed by atoms with van der Waals surface area (Å²) < 4.78 is 13.2. The van der Waals surface area contributed by atoms with E-state index in [0.29, 0.717) is 0 Å². The minimum atomic E-state index is -1.07. The van der Waals surface area contributed by atoms with Crippen molar-refractivity contribution in [3.05, 3.63) is 29.6 Å². The van der Waals surface area contributed by atoms with E-state index in [9.17, 15) is 14.0 Å². The highest BCUT2D eigenvalue weighted by Crippen LogP contribution is 2.28. The van der Waals surface area contributed by atoms with Gasteiger partial charge in [-0.2, -0.15) is 5.26 Å². The molecule has 1 aliphatic heterocycles. The van der Waals surface area contributed by atoms with Crippen LogP contribution in [0.5, 0.6) is 0 Å². The molecule has 1 saturated heterocycles. The molecule has 1 aromatic carbocycles. The molecule has 0 radical (unpaired) electrons. The van der Waals surface area contributed by atoms with Crippen molar-refractivity contribution in [3.63, 3.8) is 0 Å². The summed E-state index contributed by atoms with van der Waals surface area (Å²) in [5.41, 5.74) is 0.280. The van der Waals surface area contributed by atoms with Crippen molar-refractivity contribution < 1.29 is 19.1 Å². The molecule has 1 aromatic rings. The normalized spacial score (nSPS) is 18.8. The number of carbonyl (C=O) groups is 2. The van der Waals surface area contributed by atoms with Gasteiger partial charge in [0.1, 0.15) is 11.9 Å². The van der Waals surface area contributed by atoms with Crippen LogP contribution >= 0.6 is 0 Å². The minimum Gasteiger partial charge on any atom is -0.481 e. The van der Waals surface area contributed by atoms with Crippen LogP contribution in [0.1, 0.15) is 12.0 Å². The molecule has 18 heavy (non-hydrogen) atoms. The number of amides is 1. The van der Waals surface area contributed by atoms with E-state index in [2.05, 4.69) is 0 Å². The van der Waals surface area contributed by atoms with Crippen LogP contribution in [0, 0.1) is 23.1 Å². The Morgan fingerprint density at radius 2 is 2.28 bits per heavy atom. The van der Waals surface area contributed by atoms with E-state index < -0.39 is 23.6 Å². The summed E-state index contributed by atoms with van der Waals surface area (Å²) in [6.45, 7) is -0.0354. The first-order chi connectivity index (χ1) is 8.52. The van der Waals surface area contributed by atoms with Crippen molar-refractivity contribution in [2.75, 3.05) is 11.4 Å². The number of anilines is 1. The van der Waals surface area contributed by atoms with Crippen LogP contribution in [0.15, 0.2) is 18.2 Å². The molecular weight excluding hydrogens is 239 g/mol. The maximum atomic E-state index is 13.2. The number of nitriles is 1. The molecule has 5 nitrogen and oxygen atoms in total.